The lowest BCUT2D eigenvalue weighted by atomic mass is 10.1. The molecule has 0 aliphatic carbocycles. The molecule has 0 saturated heterocycles. The molecule has 3 rings (SSSR count). The fourth-order valence-electron chi connectivity index (χ4n) is 2.40. The Morgan fingerprint density at radius 3 is 2.71 bits per heavy atom. The highest BCUT2D eigenvalue weighted by Gasteiger charge is 2.13. The van der Waals surface area contributed by atoms with E-state index in [4.69, 9.17) is 27.9 Å². The minimum atomic E-state index is -0.296. The van der Waals surface area contributed by atoms with Gasteiger partial charge in [0.2, 0.25) is 0 Å². The van der Waals surface area contributed by atoms with Gasteiger partial charge in [-0.3, -0.25) is 10.1 Å². The van der Waals surface area contributed by atoms with Gasteiger partial charge < -0.3 is 9.64 Å². The van der Waals surface area contributed by atoms with Gasteiger partial charge in [-0.25, -0.2) is 4.98 Å². The Labute approximate surface area is 177 Å². The molecule has 146 valence electrons. The van der Waals surface area contributed by atoms with E-state index in [2.05, 4.69) is 15.2 Å². The second-order valence-electron chi connectivity index (χ2n) is 6.27. The summed E-state index contributed by atoms with van der Waals surface area (Å²) in [5.74, 6) is 0.465. The molecule has 0 saturated carbocycles. The number of carbonyl (C=O) groups excluding carboxylic acids is 1. The number of anilines is 1. The second-order valence-corrected chi connectivity index (χ2v) is 7.94. The summed E-state index contributed by atoms with van der Waals surface area (Å²) < 4.78 is 5.89. The van der Waals surface area contributed by atoms with Crippen LogP contribution in [-0.2, 0) is 0 Å². The largest absolute Gasteiger partial charge is 0.492 e. The van der Waals surface area contributed by atoms with Gasteiger partial charge in [-0.05, 0) is 44.4 Å². The fourth-order valence-corrected chi connectivity index (χ4v) is 3.41. The van der Waals surface area contributed by atoms with Crippen LogP contribution >= 0.6 is 34.5 Å². The van der Waals surface area contributed by atoms with Crippen molar-refractivity contribution < 1.29 is 9.53 Å². The van der Waals surface area contributed by atoms with E-state index in [1.54, 1.807) is 12.1 Å². The summed E-state index contributed by atoms with van der Waals surface area (Å²) in [6.45, 7) is 1.39. The van der Waals surface area contributed by atoms with Crippen molar-refractivity contribution in [2.24, 2.45) is 0 Å². The second kappa shape index (κ2) is 9.39. The van der Waals surface area contributed by atoms with Crippen LogP contribution in [-0.4, -0.2) is 43.0 Å². The molecular weight excluding hydrogens is 417 g/mol. The molecule has 0 atom stereocenters. The minimum absolute atomic E-state index is 0.296. The van der Waals surface area contributed by atoms with Crippen molar-refractivity contribution in [3.63, 3.8) is 0 Å². The summed E-state index contributed by atoms with van der Waals surface area (Å²) in [7, 11) is 4.00. The summed E-state index contributed by atoms with van der Waals surface area (Å²) in [6.07, 6.45) is 0. The first-order valence-corrected chi connectivity index (χ1v) is 10.2. The lowest BCUT2D eigenvalue weighted by molar-refractivity contribution is 0.102. The number of nitrogens with zero attached hydrogens (tertiary/aromatic N) is 2. The number of ether oxygens (including phenoxy) is 1. The van der Waals surface area contributed by atoms with Crippen LogP contribution in [0.2, 0.25) is 10.0 Å². The molecule has 3 aromatic rings. The Bertz CT molecular complexity index is 976. The maximum atomic E-state index is 12.4. The number of benzene rings is 2. The molecule has 0 bridgehead atoms. The molecule has 1 N–H and O–H groups in total. The van der Waals surface area contributed by atoms with Crippen LogP contribution in [0.1, 0.15) is 10.4 Å². The number of hydrogen-bond acceptors (Lipinski definition) is 5. The molecule has 0 fully saturated rings. The molecule has 1 aromatic heterocycles. The Hall–Kier alpha value is -2.12. The third kappa shape index (κ3) is 5.23. The Morgan fingerprint density at radius 1 is 1.18 bits per heavy atom. The van der Waals surface area contributed by atoms with Gasteiger partial charge in [0, 0.05) is 23.1 Å². The first-order chi connectivity index (χ1) is 13.4. The third-order valence-electron chi connectivity index (χ3n) is 3.87. The number of aromatic nitrogens is 1. The number of rotatable bonds is 7. The number of amides is 1. The Balaban J connectivity index is 1.73. The van der Waals surface area contributed by atoms with E-state index in [1.807, 2.05) is 43.7 Å². The third-order valence-corrected chi connectivity index (χ3v) is 5.36. The van der Waals surface area contributed by atoms with E-state index >= 15 is 0 Å². The summed E-state index contributed by atoms with van der Waals surface area (Å²) in [5, 5.41) is 5.91. The lowest BCUT2D eigenvalue weighted by Gasteiger charge is -2.13. The number of para-hydroxylation sites is 1. The van der Waals surface area contributed by atoms with Gasteiger partial charge >= 0.3 is 0 Å². The smallest absolute Gasteiger partial charge is 0.257 e. The number of nitrogens with one attached hydrogen (secondary N) is 1. The van der Waals surface area contributed by atoms with Gasteiger partial charge in [0.1, 0.15) is 12.4 Å². The van der Waals surface area contributed by atoms with Crippen LogP contribution in [0.5, 0.6) is 5.75 Å². The van der Waals surface area contributed by atoms with Crippen LogP contribution in [0.3, 0.4) is 0 Å². The molecule has 8 heteroatoms. The van der Waals surface area contributed by atoms with E-state index in [0.29, 0.717) is 27.3 Å². The molecule has 0 unspecified atom stereocenters. The van der Waals surface area contributed by atoms with Gasteiger partial charge in [0.25, 0.3) is 5.91 Å². The standard InChI is InChI=1S/C20H19Cl2N3O2S/c1-25(2)9-10-27-18-6-4-3-5-14(18)17-12-28-20(23-17)24-19(26)13-7-8-15(21)16(22)11-13/h3-8,11-12H,9-10H2,1-2H3,(H,23,24,26). The molecule has 5 nitrogen and oxygen atoms in total. The molecule has 1 heterocycles. The average Bonchev–Trinajstić information content (AvgIpc) is 3.12. The predicted octanol–water partition coefficient (Wildman–Crippen LogP) is 5.31. The zero-order valence-electron chi connectivity index (χ0n) is 15.4. The van der Waals surface area contributed by atoms with E-state index in [9.17, 15) is 4.79 Å². The summed E-state index contributed by atoms with van der Waals surface area (Å²) >= 11 is 13.2. The molecule has 28 heavy (non-hydrogen) atoms. The van der Waals surface area contributed by atoms with Crippen molar-refractivity contribution in [2.45, 2.75) is 0 Å². The predicted molar refractivity (Wildman–Crippen MR) is 116 cm³/mol. The van der Waals surface area contributed by atoms with Gasteiger partial charge in [-0.15, -0.1) is 11.3 Å². The number of likely N-dealkylation sites (N-methyl/N-ethyl adjacent to an activating group) is 1. The Morgan fingerprint density at radius 2 is 1.96 bits per heavy atom. The van der Waals surface area contributed by atoms with Crippen LogP contribution in [0, 0.1) is 0 Å². The molecule has 0 aliphatic rings. The average molecular weight is 436 g/mol. The highest BCUT2D eigenvalue weighted by Crippen LogP contribution is 2.32. The summed E-state index contributed by atoms with van der Waals surface area (Å²) in [6, 6.07) is 12.5. The van der Waals surface area contributed by atoms with Gasteiger partial charge in [-0.2, -0.15) is 0 Å². The summed E-state index contributed by atoms with van der Waals surface area (Å²) in [5.41, 5.74) is 2.04. The zero-order valence-corrected chi connectivity index (χ0v) is 17.7. The van der Waals surface area contributed by atoms with E-state index in [0.717, 1.165) is 23.6 Å². The topological polar surface area (TPSA) is 54.5 Å². The molecule has 1 amide bonds. The van der Waals surface area contributed by atoms with E-state index < -0.39 is 0 Å². The zero-order chi connectivity index (χ0) is 20.1. The number of carbonyl (C=O) groups is 1. The van der Waals surface area contributed by atoms with Crippen LogP contribution < -0.4 is 10.1 Å². The molecule has 0 aliphatic heterocycles. The monoisotopic (exact) mass is 435 g/mol. The fraction of sp³-hybridized carbons (Fsp3) is 0.200. The van der Waals surface area contributed by atoms with Crippen molar-refractivity contribution in [3.05, 3.63) is 63.5 Å². The van der Waals surface area contributed by atoms with Gasteiger partial charge in [-0.1, -0.05) is 35.3 Å². The van der Waals surface area contributed by atoms with Crippen LogP contribution in [0.4, 0.5) is 5.13 Å². The van der Waals surface area contributed by atoms with Crippen molar-refractivity contribution >= 4 is 45.6 Å². The highest BCUT2D eigenvalue weighted by molar-refractivity contribution is 7.14. The van der Waals surface area contributed by atoms with Crippen molar-refractivity contribution in [1.82, 2.24) is 9.88 Å². The van der Waals surface area contributed by atoms with Crippen molar-refractivity contribution in [2.75, 3.05) is 32.6 Å². The van der Waals surface area contributed by atoms with E-state index in [-0.39, 0.29) is 5.91 Å². The number of thiazole rings is 1. The van der Waals surface area contributed by atoms with Crippen molar-refractivity contribution in [3.8, 4) is 17.0 Å². The Kier molecular flexibility index (Phi) is 6.91. The normalized spacial score (nSPS) is 10.9. The van der Waals surface area contributed by atoms with E-state index in [1.165, 1.54) is 17.4 Å². The quantitative estimate of drug-likeness (QED) is 0.546. The lowest BCUT2D eigenvalue weighted by Crippen LogP contribution is -2.19. The SMILES string of the molecule is CN(C)CCOc1ccccc1-c1csc(NC(=O)c2ccc(Cl)c(Cl)c2)n1. The molecular formula is C20H19Cl2N3O2S. The van der Waals surface area contributed by atoms with Gasteiger partial charge in [0.05, 0.1) is 15.7 Å². The van der Waals surface area contributed by atoms with Crippen LogP contribution in [0.15, 0.2) is 47.8 Å². The maximum absolute atomic E-state index is 12.4. The summed E-state index contributed by atoms with van der Waals surface area (Å²) in [4.78, 5) is 19.0. The highest BCUT2D eigenvalue weighted by atomic mass is 35.5. The van der Waals surface area contributed by atoms with Crippen LogP contribution in [0.25, 0.3) is 11.3 Å². The van der Waals surface area contributed by atoms with Crippen molar-refractivity contribution in [1.29, 1.82) is 0 Å². The molecule has 0 spiro atoms. The maximum Gasteiger partial charge on any atom is 0.257 e. The minimum Gasteiger partial charge on any atom is -0.492 e. The van der Waals surface area contributed by atoms with Gasteiger partial charge in [0.15, 0.2) is 5.13 Å². The molecule has 0 radical (unpaired) electrons. The first kappa shape index (κ1) is 20.6. The number of hydrogen-bond donors (Lipinski definition) is 1. The number of halogens is 2. The molecule has 2 aromatic carbocycles. The first-order valence-electron chi connectivity index (χ1n) is 8.53.